The summed E-state index contributed by atoms with van der Waals surface area (Å²) in [5.41, 5.74) is 6.73. The van der Waals surface area contributed by atoms with Crippen LogP contribution >= 0.6 is 0 Å². The molecule has 0 atom stereocenters. The number of nitrogen functional groups attached to an aromatic ring is 1. The number of hydrogen-bond acceptors (Lipinski definition) is 4. The molecule has 102 valence electrons. The molecule has 1 aromatic carbocycles. The Labute approximate surface area is 110 Å². The van der Waals surface area contributed by atoms with Gasteiger partial charge in [-0.15, -0.1) is 0 Å². The summed E-state index contributed by atoms with van der Waals surface area (Å²) in [6, 6.07) is 4.06. The van der Waals surface area contributed by atoms with E-state index in [0.29, 0.717) is 23.1 Å². The number of sulfonamides is 1. The van der Waals surface area contributed by atoms with Gasteiger partial charge < -0.3 is 16.0 Å². The first-order valence-electron chi connectivity index (χ1n) is 5.61. The SMILES string of the molecule is CCNC(=O)NS(=O)(=O)c1c[nH]c2cc(N)ccc12. The highest BCUT2D eigenvalue weighted by atomic mass is 32.2. The third-order valence-corrected chi connectivity index (χ3v) is 3.89. The topological polar surface area (TPSA) is 117 Å². The third-order valence-electron chi connectivity index (χ3n) is 2.52. The maximum absolute atomic E-state index is 12.1. The highest BCUT2D eigenvalue weighted by Gasteiger charge is 2.21. The van der Waals surface area contributed by atoms with Crippen molar-refractivity contribution in [1.29, 1.82) is 0 Å². The molecule has 8 heteroatoms. The molecule has 19 heavy (non-hydrogen) atoms. The standard InChI is InChI=1S/C11H14N4O3S/c1-2-13-11(16)15-19(17,18)10-6-14-9-5-7(12)3-4-8(9)10/h3-6,14H,2,12H2,1H3,(H2,13,15,16). The van der Waals surface area contributed by atoms with Gasteiger partial charge in [-0.3, -0.25) is 0 Å². The van der Waals surface area contributed by atoms with Gasteiger partial charge in [0.25, 0.3) is 10.0 Å². The minimum absolute atomic E-state index is 0.00810. The first-order valence-corrected chi connectivity index (χ1v) is 7.09. The average Bonchev–Trinajstić information content (AvgIpc) is 2.71. The number of aromatic amines is 1. The van der Waals surface area contributed by atoms with Crippen LogP contribution in [0.25, 0.3) is 10.9 Å². The van der Waals surface area contributed by atoms with Crippen LogP contribution in [0, 0.1) is 0 Å². The molecule has 0 spiro atoms. The Morgan fingerprint density at radius 1 is 1.42 bits per heavy atom. The summed E-state index contributed by atoms with van der Waals surface area (Å²) in [5, 5.41) is 2.84. The van der Waals surface area contributed by atoms with E-state index in [1.807, 2.05) is 4.72 Å². The van der Waals surface area contributed by atoms with Crippen LogP contribution < -0.4 is 15.8 Å². The normalized spacial score (nSPS) is 11.4. The average molecular weight is 282 g/mol. The number of nitrogens with one attached hydrogen (secondary N) is 3. The highest BCUT2D eigenvalue weighted by Crippen LogP contribution is 2.24. The van der Waals surface area contributed by atoms with Crippen LogP contribution in [-0.2, 0) is 10.0 Å². The Morgan fingerprint density at radius 3 is 2.84 bits per heavy atom. The molecule has 7 nitrogen and oxygen atoms in total. The number of nitrogens with two attached hydrogens (primary N) is 1. The van der Waals surface area contributed by atoms with E-state index < -0.39 is 16.1 Å². The number of urea groups is 1. The second-order valence-electron chi connectivity index (χ2n) is 3.92. The Morgan fingerprint density at radius 2 is 2.16 bits per heavy atom. The van der Waals surface area contributed by atoms with Gasteiger partial charge in [0.05, 0.1) is 0 Å². The van der Waals surface area contributed by atoms with E-state index in [4.69, 9.17) is 5.73 Å². The van der Waals surface area contributed by atoms with Gasteiger partial charge in [-0.1, -0.05) is 0 Å². The number of rotatable bonds is 3. The lowest BCUT2D eigenvalue weighted by Gasteiger charge is -2.06. The van der Waals surface area contributed by atoms with Gasteiger partial charge in [0.1, 0.15) is 4.90 Å². The second kappa shape index (κ2) is 4.81. The van der Waals surface area contributed by atoms with E-state index in [1.54, 1.807) is 25.1 Å². The van der Waals surface area contributed by atoms with Gasteiger partial charge in [-0.05, 0) is 25.1 Å². The molecule has 0 unspecified atom stereocenters. The summed E-state index contributed by atoms with van der Waals surface area (Å²) in [6.45, 7) is 2.03. The minimum atomic E-state index is -3.91. The van der Waals surface area contributed by atoms with Crippen LogP contribution in [0.4, 0.5) is 10.5 Å². The molecule has 0 aliphatic carbocycles. The van der Waals surface area contributed by atoms with Gasteiger partial charge in [0.15, 0.2) is 0 Å². The predicted molar refractivity (Wildman–Crippen MR) is 72.1 cm³/mol. The molecule has 5 N–H and O–H groups in total. The largest absolute Gasteiger partial charge is 0.399 e. The van der Waals surface area contributed by atoms with E-state index in [9.17, 15) is 13.2 Å². The molecule has 0 radical (unpaired) electrons. The lowest BCUT2D eigenvalue weighted by atomic mass is 10.2. The van der Waals surface area contributed by atoms with Gasteiger partial charge >= 0.3 is 6.03 Å². The number of hydrogen-bond donors (Lipinski definition) is 4. The molecule has 2 amide bonds. The second-order valence-corrected chi connectivity index (χ2v) is 5.57. The third kappa shape index (κ3) is 2.63. The fourth-order valence-corrected chi connectivity index (χ4v) is 2.82. The first-order chi connectivity index (χ1) is 8.94. The molecule has 2 aromatic rings. The molecule has 0 fully saturated rings. The summed E-state index contributed by atoms with van der Waals surface area (Å²) in [7, 11) is -3.91. The van der Waals surface area contributed by atoms with Gasteiger partial charge in [0.2, 0.25) is 0 Å². The Balaban J connectivity index is 2.41. The lowest BCUT2D eigenvalue weighted by Crippen LogP contribution is -2.39. The smallest absolute Gasteiger partial charge is 0.328 e. The Hall–Kier alpha value is -2.22. The van der Waals surface area contributed by atoms with Crippen molar-refractivity contribution >= 4 is 32.6 Å². The van der Waals surface area contributed by atoms with Crippen LogP contribution in [0.3, 0.4) is 0 Å². The molecule has 0 saturated carbocycles. The van der Waals surface area contributed by atoms with E-state index in [-0.39, 0.29) is 4.90 Å². The van der Waals surface area contributed by atoms with E-state index >= 15 is 0 Å². The number of anilines is 1. The summed E-state index contributed by atoms with van der Waals surface area (Å²) < 4.78 is 26.0. The predicted octanol–water partition coefficient (Wildman–Crippen LogP) is 0.758. The number of aromatic nitrogens is 1. The Kier molecular flexibility index (Phi) is 3.34. The van der Waals surface area contributed by atoms with Crippen molar-refractivity contribution in [3.63, 3.8) is 0 Å². The van der Waals surface area contributed by atoms with Crippen LogP contribution in [0.5, 0.6) is 0 Å². The van der Waals surface area contributed by atoms with Crippen molar-refractivity contribution in [2.45, 2.75) is 11.8 Å². The van der Waals surface area contributed by atoms with Crippen LogP contribution in [0.1, 0.15) is 6.92 Å². The van der Waals surface area contributed by atoms with Crippen molar-refractivity contribution < 1.29 is 13.2 Å². The maximum Gasteiger partial charge on any atom is 0.328 e. The number of amides is 2. The first kappa shape index (κ1) is 13.2. The quantitative estimate of drug-likeness (QED) is 0.621. The molecule has 2 rings (SSSR count). The molecule has 1 aromatic heterocycles. The fraction of sp³-hybridized carbons (Fsp3) is 0.182. The van der Waals surface area contributed by atoms with Gasteiger partial charge in [-0.2, -0.15) is 0 Å². The number of carbonyl (C=O) groups is 1. The zero-order valence-electron chi connectivity index (χ0n) is 10.2. The van der Waals surface area contributed by atoms with Crippen molar-refractivity contribution in [3.8, 4) is 0 Å². The molecular formula is C11H14N4O3S. The number of benzene rings is 1. The number of fused-ring (bicyclic) bond motifs is 1. The number of carbonyl (C=O) groups excluding carboxylic acids is 1. The summed E-state index contributed by atoms with van der Waals surface area (Å²) >= 11 is 0. The highest BCUT2D eigenvalue weighted by molar-refractivity contribution is 7.90. The van der Waals surface area contributed by atoms with Gasteiger partial charge in [-0.25, -0.2) is 17.9 Å². The molecule has 0 saturated heterocycles. The van der Waals surface area contributed by atoms with Crippen LogP contribution in [0.2, 0.25) is 0 Å². The lowest BCUT2D eigenvalue weighted by molar-refractivity contribution is 0.246. The fourth-order valence-electron chi connectivity index (χ4n) is 1.71. The van der Waals surface area contributed by atoms with E-state index in [1.165, 1.54) is 6.20 Å². The molecule has 0 bridgehead atoms. The van der Waals surface area contributed by atoms with Crippen LogP contribution in [-0.4, -0.2) is 26.0 Å². The maximum atomic E-state index is 12.1. The molecule has 0 aliphatic heterocycles. The Bertz CT molecular complexity index is 721. The number of H-pyrrole nitrogens is 1. The summed E-state index contributed by atoms with van der Waals surface area (Å²) in [4.78, 5) is 14.1. The van der Waals surface area contributed by atoms with Crippen molar-refractivity contribution in [3.05, 3.63) is 24.4 Å². The zero-order chi connectivity index (χ0) is 14.0. The molecule has 1 heterocycles. The van der Waals surface area contributed by atoms with Crippen LogP contribution in [0.15, 0.2) is 29.3 Å². The van der Waals surface area contributed by atoms with Gasteiger partial charge in [0, 0.05) is 29.3 Å². The zero-order valence-corrected chi connectivity index (χ0v) is 11.0. The van der Waals surface area contributed by atoms with Crippen molar-refractivity contribution in [2.24, 2.45) is 0 Å². The van der Waals surface area contributed by atoms with E-state index in [2.05, 4.69) is 10.3 Å². The summed E-state index contributed by atoms with van der Waals surface area (Å²) in [5.74, 6) is 0. The molecular weight excluding hydrogens is 268 g/mol. The monoisotopic (exact) mass is 282 g/mol. The van der Waals surface area contributed by atoms with Crippen molar-refractivity contribution in [1.82, 2.24) is 15.0 Å². The van der Waals surface area contributed by atoms with Crippen molar-refractivity contribution in [2.75, 3.05) is 12.3 Å². The summed E-state index contributed by atoms with van der Waals surface area (Å²) in [6.07, 6.45) is 1.33. The van der Waals surface area contributed by atoms with E-state index in [0.717, 1.165) is 0 Å². The molecule has 0 aliphatic rings. The minimum Gasteiger partial charge on any atom is -0.399 e.